The summed E-state index contributed by atoms with van der Waals surface area (Å²) >= 11 is 0. The Hall–Kier alpha value is -6.19. The van der Waals surface area contributed by atoms with E-state index in [-0.39, 0.29) is 24.8 Å². The third-order valence-electron chi connectivity index (χ3n) is 14.5. The van der Waals surface area contributed by atoms with Crippen molar-refractivity contribution in [3.8, 4) is 22.8 Å². The van der Waals surface area contributed by atoms with Gasteiger partial charge in [0.25, 0.3) is 11.8 Å². The second kappa shape index (κ2) is 15.3. The number of para-hydroxylation sites is 1. The Morgan fingerprint density at radius 1 is 0.790 bits per heavy atom. The van der Waals surface area contributed by atoms with Gasteiger partial charge < -0.3 is 25.2 Å². The number of benzene rings is 3. The number of fused-ring (bicyclic) bond motifs is 2. The van der Waals surface area contributed by atoms with E-state index < -0.39 is 23.8 Å². The first kappa shape index (κ1) is 38.7. The van der Waals surface area contributed by atoms with Crippen LogP contribution in [-0.2, 0) is 9.59 Å². The number of aromatic nitrogens is 4. The molecule has 318 valence electrons. The van der Waals surface area contributed by atoms with Gasteiger partial charge in [-0.15, -0.1) is 0 Å². The van der Waals surface area contributed by atoms with Crippen molar-refractivity contribution in [2.45, 2.75) is 69.5 Å². The van der Waals surface area contributed by atoms with Crippen LogP contribution in [0.4, 0.5) is 11.5 Å². The van der Waals surface area contributed by atoms with E-state index in [0.29, 0.717) is 34.3 Å². The maximum Gasteiger partial charge on any atom is 0.262 e. The molecule has 2 aromatic heterocycles. The monoisotopic (exact) mass is 834 g/mol. The second-order valence-electron chi connectivity index (χ2n) is 18.3. The molecule has 11 rings (SSSR count). The van der Waals surface area contributed by atoms with Crippen LogP contribution in [0.5, 0.6) is 11.5 Å². The fourth-order valence-corrected chi connectivity index (χ4v) is 11.0. The van der Waals surface area contributed by atoms with Gasteiger partial charge in [-0.1, -0.05) is 18.2 Å². The Kier molecular flexibility index (Phi) is 9.56. The van der Waals surface area contributed by atoms with Crippen LogP contribution in [0, 0.1) is 11.3 Å². The van der Waals surface area contributed by atoms with Crippen LogP contribution in [0.25, 0.3) is 22.3 Å². The molecule has 4 amide bonds. The lowest BCUT2D eigenvalue weighted by molar-refractivity contribution is -0.136. The molecule has 5 aliphatic heterocycles. The highest BCUT2D eigenvalue weighted by molar-refractivity contribution is 6.23. The Bertz CT molecular complexity index is 2570. The highest BCUT2D eigenvalue weighted by Gasteiger charge is 2.49. The van der Waals surface area contributed by atoms with Crippen molar-refractivity contribution in [3.05, 3.63) is 90.3 Å². The third-order valence-corrected chi connectivity index (χ3v) is 14.5. The average molecular weight is 835 g/mol. The SMILES string of the molecule is Nc1ncnc2c1c(-c1ccc(Oc3ccccc3)cc1)nn2C1CCN(C2CC3(CCN(CC4CN(c5ccc6c(c5)C(=O)N(C5CCC(=O)NC5=O)C6=O)C4)CC3)C2)CC1. The first-order valence-corrected chi connectivity index (χ1v) is 22.1. The van der Waals surface area contributed by atoms with E-state index in [2.05, 4.69) is 34.7 Å². The Labute approximate surface area is 359 Å². The normalized spacial score (nSPS) is 22.5. The highest BCUT2D eigenvalue weighted by atomic mass is 16.5. The van der Waals surface area contributed by atoms with Crippen LogP contribution >= 0.6 is 0 Å². The van der Waals surface area contributed by atoms with Crippen molar-refractivity contribution < 1.29 is 23.9 Å². The number of rotatable bonds is 9. The predicted octanol–water partition coefficient (Wildman–Crippen LogP) is 5.29. The molecule has 1 atom stereocenters. The minimum atomic E-state index is -0.955. The lowest BCUT2D eigenvalue weighted by atomic mass is 9.59. The molecule has 4 saturated heterocycles. The van der Waals surface area contributed by atoms with Gasteiger partial charge in [-0.05, 0) is 118 Å². The minimum absolute atomic E-state index is 0.106. The molecule has 0 radical (unpaired) electrons. The van der Waals surface area contributed by atoms with Crippen LogP contribution in [0.1, 0.15) is 78.1 Å². The lowest BCUT2D eigenvalue weighted by Gasteiger charge is -2.56. The number of nitrogens with one attached hydrogen (secondary N) is 1. The fourth-order valence-electron chi connectivity index (χ4n) is 11.0. The largest absolute Gasteiger partial charge is 0.457 e. The van der Waals surface area contributed by atoms with Gasteiger partial charge in [0, 0.05) is 62.4 Å². The van der Waals surface area contributed by atoms with Gasteiger partial charge in [0.2, 0.25) is 11.8 Å². The molecule has 0 bridgehead atoms. The number of likely N-dealkylation sites (tertiary alicyclic amines) is 2. The van der Waals surface area contributed by atoms with Gasteiger partial charge in [0.05, 0.1) is 22.6 Å². The summed E-state index contributed by atoms with van der Waals surface area (Å²) in [6.45, 7) is 7.26. The molecule has 1 spiro atoms. The van der Waals surface area contributed by atoms with Crippen LogP contribution in [-0.4, -0.2) is 116 Å². The molecule has 15 heteroatoms. The summed E-state index contributed by atoms with van der Waals surface area (Å²) in [7, 11) is 0. The highest BCUT2D eigenvalue weighted by Crippen LogP contribution is 2.52. The van der Waals surface area contributed by atoms with E-state index >= 15 is 0 Å². The zero-order chi connectivity index (χ0) is 42.1. The summed E-state index contributed by atoms with van der Waals surface area (Å²) in [6.07, 6.45) is 8.90. The summed E-state index contributed by atoms with van der Waals surface area (Å²) in [4.78, 5) is 68.2. The number of piperidine rings is 3. The molecule has 1 saturated carbocycles. The number of carbonyl (C=O) groups is 4. The second-order valence-corrected chi connectivity index (χ2v) is 18.3. The summed E-state index contributed by atoms with van der Waals surface area (Å²) < 4.78 is 8.12. The van der Waals surface area contributed by atoms with Gasteiger partial charge in [-0.25, -0.2) is 14.6 Å². The first-order valence-electron chi connectivity index (χ1n) is 22.1. The molecule has 62 heavy (non-hydrogen) atoms. The Balaban J connectivity index is 0.649. The molecule has 1 unspecified atom stereocenters. The number of anilines is 2. The number of hydrogen-bond donors (Lipinski definition) is 2. The molecule has 3 N–H and O–H groups in total. The van der Waals surface area contributed by atoms with Crippen LogP contribution in [0.15, 0.2) is 79.1 Å². The van der Waals surface area contributed by atoms with Crippen molar-refractivity contribution in [3.63, 3.8) is 0 Å². The van der Waals surface area contributed by atoms with Crippen LogP contribution in [0.3, 0.4) is 0 Å². The molecule has 3 aromatic carbocycles. The minimum Gasteiger partial charge on any atom is -0.457 e. The van der Waals surface area contributed by atoms with Crippen molar-refractivity contribution >= 4 is 46.2 Å². The average Bonchev–Trinajstić information content (AvgIpc) is 3.77. The van der Waals surface area contributed by atoms with E-state index in [0.717, 1.165) is 103 Å². The predicted molar refractivity (Wildman–Crippen MR) is 231 cm³/mol. The molecular formula is C47H50N10O5. The molecule has 15 nitrogen and oxygen atoms in total. The van der Waals surface area contributed by atoms with E-state index in [4.69, 9.17) is 15.6 Å². The van der Waals surface area contributed by atoms with E-state index in [1.807, 2.05) is 60.7 Å². The van der Waals surface area contributed by atoms with Crippen molar-refractivity contribution in [2.75, 3.05) is 56.4 Å². The van der Waals surface area contributed by atoms with Crippen molar-refractivity contribution in [1.29, 1.82) is 0 Å². The van der Waals surface area contributed by atoms with Crippen molar-refractivity contribution in [1.82, 2.24) is 39.8 Å². The molecule has 5 fully saturated rings. The molecular weight excluding hydrogens is 785 g/mol. The number of nitrogen functional groups attached to an aromatic ring is 1. The summed E-state index contributed by atoms with van der Waals surface area (Å²) in [6, 6.07) is 23.0. The number of nitrogens with zero attached hydrogens (tertiary/aromatic N) is 8. The number of nitrogens with two attached hydrogens (primary N) is 1. The lowest BCUT2D eigenvalue weighted by Crippen LogP contribution is -2.58. The Morgan fingerprint density at radius 2 is 1.52 bits per heavy atom. The van der Waals surface area contributed by atoms with E-state index in [9.17, 15) is 19.2 Å². The first-order chi connectivity index (χ1) is 30.2. The quantitative estimate of drug-likeness (QED) is 0.184. The zero-order valence-electron chi connectivity index (χ0n) is 34.6. The maximum atomic E-state index is 13.3. The van der Waals surface area contributed by atoms with Crippen LogP contribution in [0.2, 0.25) is 0 Å². The topological polar surface area (TPSA) is 172 Å². The van der Waals surface area contributed by atoms with Gasteiger partial charge in [-0.2, -0.15) is 5.10 Å². The Morgan fingerprint density at radius 3 is 2.26 bits per heavy atom. The molecule has 6 aliphatic rings. The number of hydrogen-bond acceptors (Lipinski definition) is 12. The maximum absolute atomic E-state index is 13.3. The van der Waals surface area contributed by atoms with Gasteiger partial charge in [0.1, 0.15) is 35.4 Å². The summed E-state index contributed by atoms with van der Waals surface area (Å²) in [5.41, 5.74) is 11.0. The van der Waals surface area contributed by atoms with E-state index in [1.165, 1.54) is 32.0 Å². The summed E-state index contributed by atoms with van der Waals surface area (Å²) in [5, 5.41) is 8.20. The molecule has 7 heterocycles. The van der Waals surface area contributed by atoms with Gasteiger partial charge in [0.15, 0.2) is 5.65 Å². The number of ether oxygens (including phenoxy) is 1. The standard InChI is InChI=1S/C47H50N10O5/c48-42-40-41(30-6-9-35(10-7-30)62-34-4-2-1-3-5-34)52-57(43(40)50-28-49-42)31-14-18-54(19-15-31)33-23-47(24-33)16-20-53(21-17-47)25-29-26-55(27-29)32-8-11-36-37(22-32)46(61)56(45(36)60)38-12-13-39(58)51-44(38)59/h1-11,22,28-29,31,33,38H,12-21,23-27H2,(H2,48,49,50)(H,51,58,59). The van der Waals surface area contributed by atoms with Gasteiger partial charge >= 0.3 is 0 Å². The summed E-state index contributed by atoms with van der Waals surface area (Å²) in [5.74, 6) is 0.632. The zero-order valence-corrected chi connectivity index (χ0v) is 34.6. The number of carbonyl (C=O) groups excluding carboxylic acids is 4. The smallest absolute Gasteiger partial charge is 0.262 e. The third kappa shape index (κ3) is 6.87. The van der Waals surface area contributed by atoms with Crippen LogP contribution < -0.4 is 20.7 Å². The van der Waals surface area contributed by atoms with Gasteiger partial charge in [-0.3, -0.25) is 29.4 Å². The number of imide groups is 2. The van der Waals surface area contributed by atoms with Crippen molar-refractivity contribution in [2.24, 2.45) is 11.3 Å². The fraction of sp³-hybridized carbons (Fsp3) is 0.426. The molecule has 1 aliphatic carbocycles. The van der Waals surface area contributed by atoms with E-state index in [1.54, 1.807) is 12.1 Å². The number of amides is 4. The molecule has 5 aromatic rings.